The van der Waals surface area contributed by atoms with Crippen molar-refractivity contribution in [1.82, 2.24) is 16.0 Å². The zero-order valence-electron chi connectivity index (χ0n) is 22.4. The molecule has 39 heavy (non-hydrogen) atoms. The molecule has 0 heterocycles. The Morgan fingerprint density at radius 1 is 0.846 bits per heavy atom. The van der Waals surface area contributed by atoms with Crippen LogP contribution in [0.2, 0.25) is 0 Å². The first-order chi connectivity index (χ1) is 18.4. The van der Waals surface area contributed by atoms with Gasteiger partial charge >= 0.3 is 11.9 Å². The summed E-state index contributed by atoms with van der Waals surface area (Å²) in [4.78, 5) is 61.9. The number of phenolic OH excluding ortho intramolecular Hbond substituents is 1. The number of carbonyl (C=O) groups excluding carboxylic acids is 3. The van der Waals surface area contributed by atoms with Crippen LogP contribution in [0.1, 0.15) is 57.9 Å². The Balaban J connectivity index is 3.07. The summed E-state index contributed by atoms with van der Waals surface area (Å²) in [6.45, 7) is 4.05. The van der Waals surface area contributed by atoms with E-state index in [2.05, 4.69) is 16.0 Å². The lowest BCUT2D eigenvalue weighted by Gasteiger charge is -2.26. The Bertz CT molecular complexity index is 972. The van der Waals surface area contributed by atoms with Crippen LogP contribution in [-0.2, 0) is 30.4 Å². The fraction of sp³-hybridized carbons (Fsp3) is 0.577. The predicted molar refractivity (Wildman–Crippen MR) is 142 cm³/mol. The molecule has 13 nitrogen and oxygen atoms in total. The number of nitrogens with two attached hydrogens (primary N) is 2. The number of hydrogen-bond donors (Lipinski definition) is 8. The van der Waals surface area contributed by atoms with Crippen molar-refractivity contribution >= 4 is 29.7 Å². The molecular formula is C26H41N5O8. The lowest BCUT2D eigenvalue weighted by Crippen LogP contribution is -2.57. The molecule has 0 aliphatic carbocycles. The molecule has 0 bridgehead atoms. The molecule has 3 amide bonds. The quantitative estimate of drug-likeness (QED) is 0.112. The summed E-state index contributed by atoms with van der Waals surface area (Å²) >= 11 is 0. The molecule has 0 radical (unpaired) electrons. The minimum Gasteiger partial charge on any atom is -0.508 e. The van der Waals surface area contributed by atoms with Gasteiger partial charge in [0.1, 0.15) is 23.9 Å². The summed E-state index contributed by atoms with van der Waals surface area (Å²) in [5.41, 5.74) is 12.1. The molecule has 5 atom stereocenters. The maximum atomic E-state index is 13.2. The van der Waals surface area contributed by atoms with E-state index in [1.807, 2.05) is 6.92 Å². The fourth-order valence-electron chi connectivity index (χ4n) is 3.69. The first kappa shape index (κ1) is 33.3. The number of aromatic hydroxyl groups is 1. The topological polar surface area (TPSA) is 234 Å². The number of carboxylic acid groups (broad SMARTS) is 2. The van der Waals surface area contributed by atoms with Crippen LogP contribution >= 0.6 is 0 Å². The SMILES string of the molecule is CCC(C)C(N)C(=O)NC(CCCCN)C(=O)NC(CCC(=O)O)C(=O)NC(Cc1ccc(O)cc1)C(=O)O. The minimum absolute atomic E-state index is 0.00989. The van der Waals surface area contributed by atoms with Gasteiger partial charge < -0.3 is 42.7 Å². The average molecular weight is 552 g/mol. The van der Waals surface area contributed by atoms with Crippen LogP contribution in [0.3, 0.4) is 0 Å². The van der Waals surface area contributed by atoms with Gasteiger partial charge in [0.2, 0.25) is 17.7 Å². The summed E-state index contributed by atoms with van der Waals surface area (Å²) in [6.07, 6.45) is 1.02. The molecule has 5 unspecified atom stereocenters. The number of hydrogen-bond acceptors (Lipinski definition) is 8. The van der Waals surface area contributed by atoms with Crippen molar-refractivity contribution in [2.24, 2.45) is 17.4 Å². The van der Waals surface area contributed by atoms with Crippen molar-refractivity contribution in [3.8, 4) is 5.75 Å². The number of phenols is 1. The summed E-state index contributed by atoms with van der Waals surface area (Å²) in [5.74, 6) is -4.87. The van der Waals surface area contributed by atoms with E-state index in [1.165, 1.54) is 24.3 Å². The number of rotatable bonds is 18. The molecule has 0 aromatic heterocycles. The van der Waals surface area contributed by atoms with Crippen molar-refractivity contribution in [3.05, 3.63) is 29.8 Å². The number of carbonyl (C=O) groups is 5. The Morgan fingerprint density at radius 3 is 1.90 bits per heavy atom. The summed E-state index contributed by atoms with van der Waals surface area (Å²) < 4.78 is 0. The first-order valence-electron chi connectivity index (χ1n) is 13.0. The molecule has 0 saturated heterocycles. The van der Waals surface area contributed by atoms with Gasteiger partial charge in [0, 0.05) is 12.8 Å². The van der Waals surface area contributed by atoms with E-state index in [1.54, 1.807) is 6.92 Å². The van der Waals surface area contributed by atoms with Gasteiger partial charge in [-0.05, 0) is 55.8 Å². The number of carboxylic acids is 2. The highest BCUT2D eigenvalue weighted by molar-refractivity contribution is 5.94. The van der Waals surface area contributed by atoms with Gasteiger partial charge in [0.05, 0.1) is 6.04 Å². The number of aliphatic carboxylic acids is 2. The molecule has 1 rings (SSSR count). The van der Waals surface area contributed by atoms with Crippen molar-refractivity contribution in [2.75, 3.05) is 6.54 Å². The predicted octanol–water partition coefficient (Wildman–Crippen LogP) is -0.159. The molecule has 0 saturated carbocycles. The van der Waals surface area contributed by atoms with E-state index >= 15 is 0 Å². The highest BCUT2D eigenvalue weighted by Gasteiger charge is 2.31. The highest BCUT2D eigenvalue weighted by atomic mass is 16.4. The Hall–Kier alpha value is -3.71. The van der Waals surface area contributed by atoms with E-state index in [0.29, 0.717) is 31.4 Å². The fourth-order valence-corrected chi connectivity index (χ4v) is 3.69. The van der Waals surface area contributed by atoms with Crippen LogP contribution < -0.4 is 27.4 Å². The Morgan fingerprint density at radius 2 is 1.38 bits per heavy atom. The molecule has 1 aromatic rings. The molecule has 1 aromatic carbocycles. The molecule has 10 N–H and O–H groups in total. The monoisotopic (exact) mass is 551 g/mol. The van der Waals surface area contributed by atoms with Gasteiger partial charge in [-0.15, -0.1) is 0 Å². The second-order valence-electron chi connectivity index (χ2n) is 9.52. The van der Waals surface area contributed by atoms with Crippen molar-refractivity contribution in [3.63, 3.8) is 0 Å². The largest absolute Gasteiger partial charge is 0.508 e. The van der Waals surface area contributed by atoms with Crippen LogP contribution in [0, 0.1) is 5.92 Å². The van der Waals surface area contributed by atoms with E-state index in [9.17, 15) is 34.2 Å². The lowest BCUT2D eigenvalue weighted by atomic mass is 9.98. The van der Waals surface area contributed by atoms with Crippen LogP contribution in [0.25, 0.3) is 0 Å². The molecule has 0 fully saturated rings. The van der Waals surface area contributed by atoms with E-state index < -0.39 is 60.2 Å². The Labute approximate surface area is 227 Å². The highest BCUT2D eigenvalue weighted by Crippen LogP contribution is 2.12. The average Bonchev–Trinajstić information content (AvgIpc) is 2.89. The smallest absolute Gasteiger partial charge is 0.326 e. The third kappa shape index (κ3) is 12.1. The summed E-state index contributed by atoms with van der Waals surface area (Å²) in [7, 11) is 0. The summed E-state index contributed by atoms with van der Waals surface area (Å²) in [6, 6.07) is 1.05. The van der Waals surface area contributed by atoms with Crippen LogP contribution in [0.5, 0.6) is 5.75 Å². The third-order valence-electron chi connectivity index (χ3n) is 6.41. The van der Waals surface area contributed by atoms with Crippen LogP contribution in [0.15, 0.2) is 24.3 Å². The Kier molecular flexibility index (Phi) is 14.5. The standard InChI is InChI=1S/C26H41N5O8/c1-3-15(2)22(28)25(37)30-18(6-4-5-13-27)23(35)29-19(11-12-21(33)34)24(36)31-20(26(38)39)14-16-7-9-17(32)10-8-16/h7-10,15,18-20,22,32H,3-6,11-14,27-28H2,1-2H3,(H,29,35)(H,30,37)(H,31,36)(H,33,34)(H,38,39). The summed E-state index contributed by atoms with van der Waals surface area (Å²) in [5, 5.41) is 35.6. The maximum Gasteiger partial charge on any atom is 0.326 e. The van der Waals surface area contributed by atoms with Gasteiger partial charge in [0.15, 0.2) is 0 Å². The number of unbranched alkanes of at least 4 members (excludes halogenated alkanes) is 1. The van der Waals surface area contributed by atoms with E-state index in [0.717, 1.165) is 0 Å². The molecule has 218 valence electrons. The third-order valence-corrected chi connectivity index (χ3v) is 6.41. The molecule has 0 aliphatic rings. The second-order valence-corrected chi connectivity index (χ2v) is 9.52. The molecular weight excluding hydrogens is 510 g/mol. The number of benzene rings is 1. The lowest BCUT2D eigenvalue weighted by molar-refractivity contribution is -0.143. The number of amides is 3. The second kappa shape index (κ2) is 17.0. The zero-order chi connectivity index (χ0) is 29.5. The minimum atomic E-state index is -1.39. The van der Waals surface area contributed by atoms with Crippen molar-refractivity contribution in [2.45, 2.75) is 83.0 Å². The van der Waals surface area contributed by atoms with E-state index in [-0.39, 0.29) is 30.9 Å². The number of nitrogens with one attached hydrogen (secondary N) is 3. The van der Waals surface area contributed by atoms with Crippen molar-refractivity contribution < 1.29 is 39.3 Å². The molecule has 0 spiro atoms. The van der Waals surface area contributed by atoms with Gasteiger partial charge in [-0.1, -0.05) is 32.4 Å². The van der Waals surface area contributed by atoms with Gasteiger partial charge in [-0.25, -0.2) is 4.79 Å². The molecule has 0 aliphatic heterocycles. The van der Waals surface area contributed by atoms with Crippen molar-refractivity contribution in [1.29, 1.82) is 0 Å². The first-order valence-corrected chi connectivity index (χ1v) is 13.0. The van der Waals surface area contributed by atoms with Gasteiger partial charge in [-0.2, -0.15) is 0 Å². The zero-order valence-corrected chi connectivity index (χ0v) is 22.4. The molecule has 13 heteroatoms. The van der Waals surface area contributed by atoms with Crippen LogP contribution in [0.4, 0.5) is 0 Å². The van der Waals surface area contributed by atoms with Crippen LogP contribution in [-0.4, -0.2) is 75.7 Å². The van der Waals surface area contributed by atoms with Gasteiger partial charge in [0.25, 0.3) is 0 Å². The normalized spacial score (nSPS) is 14.8. The van der Waals surface area contributed by atoms with Gasteiger partial charge in [-0.3, -0.25) is 19.2 Å². The van der Waals surface area contributed by atoms with E-state index in [4.69, 9.17) is 16.6 Å². The maximum absolute atomic E-state index is 13.2.